The van der Waals surface area contributed by atoms with Gasteiger partial charge in [0.25, 0.3) is 0 Å². The summed E-state index contributed by atoms with van der Waals surface area (Å²) in [4.78, 5) is 29.6. The van der Waals surface area contributed by atoms with E-state index in [1.165, 1.54) is 6.92 Å². The first-order valence-electron chi connectivity index (χ1n) is 5.93. The van der Waals surface area contributed by atoms with Crippen molar-refractivity contribution in [2.75, 3.05) is 0 Å². The van der Waals surface area contributed by atoms with Crippen LogP contribution >= 0.6 is 0 Å². The predicted molar refractivity (Wildman–Crippen MR) is 69.5 cm³/mol. The fourth-order valence-corrected chi connectivity index (χ4v) is 1.75. The summed E-state index contributed by atoms with van der Waals surface area (Å²) in [7, 11) is 0. The van der Waals surface area contributed by atoms with E-state index in [2.05, 4.69) is 15.3 Å². The number of nitrogens with zero attached hydrogens (tertiary/aromatic N) is 1. The Morgan fingerprint density at radius 1 is 1.47 bits per heavy atom. The molecule has 3 N–H and O–H groups in total. The fourth-order valence-electron chi connectivity index (χ4n) is 1.75. The molecule has 2 aromatic rings. The largest absolute Gasteiger partial charge is 0.481 e. The number of benzene rings is 1. The summed E-state index contributed by atoms with van der Waals surface area (Å²) >= 11 is 0. The predicted octanol–water partition coefficient (Wildman–Crippen LogP) is 1.21. The molecule has 0 saturated carbocycles. The molecule has 0 aliphatic carbocycles. The van der Waals surface area contributed by atoms with E-state index < -0.39 is 17.8 Å². The zero-order chi connectivity index (χ0) is 14.0. The molecule has 0 fully saturated rings. The molecule has 1 amide bonds. The number of aromatic nitrogens is 2. The van der Waals surface area contributed by atoms with Crippen molar-refractivity contribution in [3.63, 3.8) is 0 Å². The van der Waals surface area contributed by atoms with Crippen LogP contribution in [0.2, 0.25) is 0 Å². The second-order valence-electron chi connectivity index (χ2n) is 4.45. The Kier molecular flexibility index (Phi) is 3.50. The topological polar surface area (TPSA) is 95.1 Å². The van der Waals surface area contributed by atoms with E-state index in [1.54, 1.807) is 0 Å². The van der Waals surface area contributed by atoms with Crippen LogP contribution in [-0.4, -0.2) is 27.0 Å². The van der Waals surface area contributed by atoms with Crippen LogP contribution in [-0.2, 0) is 16.1 Å². The molecule has 0 aliphatic rings. The molecule has 2 rings (SSSR count). The number of hydrogen-bond donors (Lipinski definition) is 3. The van der Waals surface area contributed by atoms with Crippen LogP contribution in [0.1, 0.15) is 18.3 Å². The maximum Gasteiger partial charge on any atom is 0.315 e. The number of aromatic amines is 1. The highest BCUT2D eigenvalue weighted by Crippen LogP contribution is 2.13. The summed E-state index contributed by atoms with van der Waals surface area (Å²) in [5.41, 5.74) is 2.66. The average molecular weight is 261 g/mol. The Hall–Kier alpha value is -2.37. The molecule has 0 saturated heterocycles. The monoisotopic (exact) mass is 261 g/mol. The van der Waals surface area contributed by atoms with Gasteiger partial charge in [0, 0.05) is 6.54 Å². The first-order valence-corrected chi connectivity index (χ1v) is 5.93. The molecule has 0 aliphatic heterocycles. The van der Waals surface area contributed by atoms with Crippen LogP contribution in [0.3, 0.4) is 0 Å². The normalized spacial score (nSPS) is 12.3. The summed E-state index contributed by atoms with van der Waals surface area (Å²) in [6.45, 7) is 3.53. The molecule has 1 aromatic carbocycles. The lowest BCUT2D eigenvalue weighted by atomic mass is 10.1. The number of carboxylic acids is 1. The molecule has 6 nitrogen and oxygen atoms in total. The minimum Gasteiger partial charge on any atom is -0.481 e. The molecule has 0 spiro atoms. The Labute approximate surface area is 109 Å². The van der Waals surface area contributed by atoms with Crippen LogP contribution in [0, 0.1) is 12.8 Å². The van der Waals surface area contributed by atoms with E-state index in [0.717, 1.165) is 22.4 Å². The summed E-state index contributed by atoms with van der Waals surface area (Å²) < 4.78 is 0. The van der Waals surface area contributed by atoms with Crippen molar-refractivity contribution >= 4 is 22.9 Å². The fraction of sp³-hybridized carbons (Fsp3) is 0.308. The highest BCUT2D eigenvalue weighted by atomic mass is 16.4. The van der Waals surface area contributed by atoms with E-state index in [1.807, 2.05) is 25.1 Å². The number of nitrogens with one attached hydrogen (secondary N) is 2. The Morgan fingerprint density at radius 3 is 2.89 bits per heavy atom. The first kappa shape index (κ1) is 13.1. The smallest absolute Gasteiger partial charge is 0.315 e. The lowest BCUT2D eigenvalue weighted by Gasteiger charge is -2.08. The summed E-state index contributed by atoms with van der Waals surface area (Å²) in [6, 6.07) is 5.61. The molecule has 100 valence electrons. The van der Waals surface area contributed by atoms with E-state index >= 15 is 0 Å². The molecule has 1 atom stereocenters. The zero-order valence-electron chi connectivity index (χ0n) is 10.7. The SMILES string of the molecule is Cc1nc2ccc(CNC(=O)C(C)C(=O)O)cc2[nH]1. The van der Waals surface area contributed by atoms with Crippen molar-refractivity contribution in [3.05, 3.63) is 29.6 Å². The van der Waals surface area contributed by atoms with Crippen molar-refractivity contribution < 1.29 is 14.7 Å². The van der Waals surface area contributed by atoms with Crippen molar-refractivity contribution in [3.8, 4) is 0 Å². The standard InChI is InChI=1S/C13H15N3O3/c1-7(13(18)19)12(17)14-6-9-3-4-10-11(5-9)16-8(2)15-10/h3-5,7H,6H2,1-2H3,(H,14,17)(H,15,16)(H,18,19). The van der Waals surface area contributed by atoms with Crippen LogP contribution in [0.15, 0.2) is 18.2 Å². The van der Waals surface area contributed by atoms with Crippen LogP contribution < -0.4 is 5.32 Å². The quantitative estimate of drug-likeness (QED) is 0.721. The number of rotatable bonds is 4. The molecule has 1 heterocycles. The number of H-pyrrole nitrogens is 1. The Balaban J connectivity index is 2.05. The maximum absolute atomic E-state index is 11.5. The lowest BCUT2D eigenvalue weighted by molar-refractivity contribution is -0.146. The van der Waals surface area contributed by atoms with Gasteiger partial charge in [-0.15, -0.1) is 0 Å². The molecular formula is C13H15N3O3. The van der Waals surface area contributed by atoms with Gasteiger partial charge in [-0.2, -0.15) is 0 Å². The molecule has 1 aromatic heterocycles. The van der Waals surface area contributed by atoms with Gasteiger partial charge in [0.15, 0.2) is 0 Å². The van der Waals surface area contributed by atoms with Gasteiger partial charge >= 0.3 is 5.97 Å². The zero-order valence-corrected chi connectivity index (χ0v) is 10.7. The summed E-state index contributed by atoms with van der Waals surface area (Å²) in [6.07, 6.45) is 0. The third-order valence-electron chi connectivity index (χ3n) is 2.90. The van der Waals surface area contributed by atoms with Crippen LogP contribution in [0.4, 0.5) is 0 Å². The van der Waals surface area contributed by atoms with Gasteiger partial charge in [-0.3, -0.25) is 9.59 Å². The number of hydrogen-bond acceptors (Lipinski definition) is 3. The Bertz CT molecular complexity index is 633. The molecule has 0 bridgehead atoms. The van der Waals surface area contributed by atoms with Crippen molar-refractivity contribution in [2.45, 2.75) is 20.4 Å². The van der Waals surface area contributed by atoms with Gasteiger partial charge in [-0.25, -0.2) is 4.98 Å². The molecule has 0 radical (unpaired) electrons. The third-order valence-corrected chi connectivity index (χ3v) is 2.90. The van der Waals surface area contributed by atoms with Gasteiger partial charge in [0.05, 0.1) is 11.0 Å². The first-order chi connectivity index (χ1) is 8.97. The average Bonchev–Trinajstić information content (AvgIpc) is 2.74. The maximum atomic E-state index is 11.5. The third kappa shape index (κ3) is 2.90. The Morgan fingerprint density at radius 2 is 2.21 bits per heavy atom. The number of carbonyl (C=O) groups excluding carboxylic acids is 1. The highest BCUT2D eigenvalue weighted by molar-refractivity contribution is 5.96. The number of amides is 1. The summed E-state index contributed by atoms with van der Waals surface area (Å²) in [5.74, 6) is -1.83. The van der Waals surface area contributed by atoms with E-state index in [-0.39, 0.29) is 0 Å². The minimum absolute atomic E-state index is 0.296. The van der Waals surface area contributed by atoms with E-state index in [4.69, 9.17) is 5.11 Å². The van der Waals surface area contributed by atoms with Gasteiger partial charge in [-0.05, 0) is 31.5 Å². The molecule has 1 unspecified atom stereocenters. The molecule has 6 heteroatoms. The molecular weight excluding hydrogens is 246 g/mol. The second-order valence-corrected chi connectivity index (χ2v) is 4.45. The number of carbonyl (C=O) groups is 2. The van der Waals surface area contributed by atoms with Gasteiger partial charge in [-0.1, -0.05) is 6.07 Å². The van der Waals surface area contributed by atoms with E-state index in [0.29, 0.717) is 6.54 Å². The van der Waals surface area contributed by atoms with E-state index in [9.17, 15) is 9.59 Å². The number of fused-ring (bicyclic) bond motifs is 1. The lowest BCUT2D eigenvalue weighted by Crippen LogP contribution is -2.33. The summed E-state index contributed by atoms with van der Waals surface area (Å²) in [5, 5.41) is 11.3. The van der Waals surface area contributed by atoms with Crippen molar-refractivity contribution in [2.24, 2.45) is 5.92 Å². The highest BCUT2D eigenvalue weighted by Gasteiger charge is 2.19. The minimum atomic E-state index is -1.13. The number of aliphatic carboxylic acids is 1. The number of aryl methyl sites for hydroxylation is 1. The van der Waals surface area contributed by atoms with Crippen molar-refractivity contribution in [1.82, 2.24) is 15.3 Å². The van der Waals surface area contributed by atoms with Gasteiger partial charge in [0.2, 0.25) is 5.91 Å². The van der Waals surface area contributed by atoms with Crippen molar-refractivity contribution in [1.29, 1.82) is 0 Å². The van der Waals surface area contributed by atoms with Gasteiger partial charge < -0.3 is 15.4 Å². The number of carboxylic acid groups (broad SMARTS) is 1. The van der Waals surface area contributed by atoms with Gasteiger partial charge in [0.1, 0.15) is 11.7 Å². The van der Waals surface area contributed by atoms with Crippen LogP contribution in [0.25, 0.3) is 11.0 Å². The second kappa shape index (κ2) is 5.09. The number of imidazole rings is 1. The van der Waals surface area contributed by atoms with Crippen LogP contribution in [0.5, 0.6) is 0 Å². The molecule has 19 heavy (non-hydrogen) atoms.